The van der Waals surface area contributed by atoms with E-state index < -0.39 is 6.10 Å². The van der Waals surface area contributed by atoms with E-state index in [1.54, 1.807) is 26.2 Å². The standard InChI is InChI=1S/C19H23NO3/c1-14(16-9-5-4-6-10-16)13-20-19(21)15(2)23-18-12-8-7-11-17(18)22-3/h4-12,14-15H,13H2,1-3H3,(H,20,21)/t14-,15-/m1/s1. The first-order valence-corrected chi connectivity index (χ1v) is 7.74. The molecule has 2 atom stereocenters. The number of rotatable bonds is 7. The van der Waals surface area contributed by atoms with Gasteiger partial charge in [0.1, 0.15) is 0 Å². The highest BCUT2D eigenvalue weighted by Gasteiger charge is 2.17. The second-order valence-electron chi connectivity index (χ2n) is 5.47. The van der Waals surface area contributed by atoms with E-state index in [1.165, 1.54) is 5.56 Å². The minimum absolute atomic E-state index is 0.140. The first-order valence-electron chi connectivity index (χ1n) is 7.74. The summed E-state index contributed by atoms with van der Waals surface area (Å²) in [5, 5.41) is 2.93. The molecular weight excluding hydrogens is 290 g/mol. The summed E-state index contributed by atoms with van der Waals surface area (Å²) < 4.78 is 10.9. The summed E-state index contributed by atoms with van der Waals surface area (Å²) in [4.78, 5) is 12.2. The third-order valence-corrected chi connectivity index (χ3v) is 3.69. The van der Waals surface area contributed by atoms with E-state index >= 15 is 0 Å². The molecule has 2 aromatic carbocycles. The van der Waals surface area contributed by atoms with Gasteiger partial charge >= 0.3 is 0 Å². The van der Waals surface area contributed by atoms with Crippen molar-refractivity contribution in [3.05, 3.63) is 60.2 Å². The van der Waals surface area contributed by atoms with Crippen LogP contribution in [-0.4, -0.2) is 25.7 Å². The van der Waals surface area contributed by atoms with Gasteiger partial charge in [-0.25, -0.2) is 0 Å². The quantitative estimate of drug-likeness (QED) is 0.852. The van der Waals surface area contributed by atoms with E-state index in [2.05, 4.69) is 24.4 Å². The molecule has 0 aliphatic heterocycles. The van der Waals surface area contributed by atoms with Gasteiger partial charge in [0.05, 0.1) is 7.11 Å². The zero-order valence-corrected chi connectivity index (χ0v) is 13.8. The third-order valence-electron chi connectivity index (χ3n) is 3.69. The number of carbonyl (C=O) groups is 1. The number of methoxy groups -OCH3 is 1. The fourth-order valence-corrected chi connectivity index (χ4v) is 2.26. The number of nitrogens with one attached hydrogen (secondary N) is 1. The molecule has 0 unspecified atom stereocenters. The monoisotopic (exact) mass is 313 g/mol. The average molecular weight is 313 g/mol. The number of ether oxygens (including phenoxy) is 2. The van der Waals surface area contributed by atoms with Gasteiger partial charge in [-0.15, -0.1) is 0 Å². The lowest BCUT2D eigenvalue weighted by Crippen LogP contribution is -2.38. The van der Waals surface area contributed by atoms with Crippen molar-refractivity contribution in [3.63, 3.8) is 0 Å². The van der Waals surface area contributed by atoms with Gasteiger partial charge in [0.25, 0.3) is 5.91 Å². The Labute approximate surface area is 137 Å². The van der Waals surface area contributed by atoms with Crippen LogP contribution in [0.4, 0.5) is 0 Å². The van der Waals surface area contributed by atoms with Crippen molar-refractivity contribution in [1.82, 2.24) is 5.32 Å². The smallest absolute Gasteiger partial charge is 0.260 e. The molecule has 0 aliphatic rings. The molecule has 0 heterocycles. The molecule has 2 rings (SSSR count). The summed E-state index contributed by atoms with van der Waals surface area (Å²) in [6.45, 7) is 4.39. The summed E-state index contributed by atoms with van der Waals surface area (Å²) in [6, 6.07) is 17.4. The second-order valence-corrected chi connectivity index (χ2v) is 5.47. The molecule has 4 nitrogen and oxygen atoms in total. The number of benzene rings is 2. The van der Waals surface area contributed by atoms with Gasteiger partial charge in [-0.05, 0) is 30.5 Å². The Morgan fingerprint density at radius 3 is 2.26 bits per heavy atom. The predicted molar refractivity (Wildman–Crippen MR) is 91.0 cm³/mol. The molecule has 4 heteroatoms. The Morgan fingerprint density at radius 2 is 1.61 bits per heavy atom. The van der Waals surface area contributed by atoms with Gasteiger partial charge in [0.2, 0.25) is 0 Å². The Morgan fingerprint density at radius 1 is 1.00 bits per heavy atom. The topological polar surface area (TPSA) is 47.6 Å². The van der Waals surface area contributed by atoms with E-state index in [1.807, 2.05) is 30.3 Å². The first-order chi connectivity index (χ1) is 11.1. The van der Waals surface area contributed by atoms with Crippen LogP contribution in [0.5, 0.6) is 11.5 Å². The van der Waals surface area contributed by atoms with Crippen molar-refractivity contribution in [2.45, 2.75) is 25.9 Å². The predicted octanol–water partition coefficient (Wildman–Crippen LogP) is 3.38. The van der Waals surface area contributed by atoms with Gasteiger partial charge in [-0.3, -0.25) is 4.79 Å². The maximum Gasteiger partial charge on any atom is 0.260 e. The molecule has 0 radical (unpaired) electrons. The zero-order valence-electron chi connectivity index (χ0n) is 13.8. The Hall–Kier alpha value is -2.49. The zero-order chi connectivity index (χ0) is 16.7. The van der Waals surface area contributed by atoms with Crippen LogP contribution in [0.2, 0.25) is 0 Å². The fourth-order valence-electron chi connectivity index (χ4n) is 2.26. The molecule has 0 aromatic heterocycles. The highest BCUT2D eigenvalue weighted by Crippen LogP contribution is 2.26. The van der Waals surface area contributed by atoms with Crippen LogP contribution in [0.15, 0.2) is 54.6 Å². The third kappa shape index (κ3) is 4.74. The lowest BCUT2D eigenvalue weighted by molar-refractivity contribution is -0.127. The number of para-hydroxylation sites is 2. The summed E-state index contributed by atoms with van der Waals surface area (Å²) >= 11 is 0. The van der Waals surface area contributed by atoms with E-state index in [4.69, 9.17) is 9.47 Å². The summed E-state index contributed by atoms with van der Waals surface area (Å²) in [5.41, 5.74) is 1.20. The van der Waals surface area contributed by atoms with E-state index in [-0.39, 0.29) is 11.8 Å². The summed E-state index contributed by atoms with van der Waals surface area (Å²) in [7, 11) is 1.58. The minimum atomic E-state index is -0.589. The van der Waals surface area contributed by atoms with Gasteiger partial charge in [-0.1, -0.05) is 49.4 Å². The average Bonchev–Trinajstić information content (AvgIpc) is 2.60. The van der Waals surface area contributed by atoms with Crippen LogP contribution < -0.4 is 14.8 Å². The molecule has 0 saturated heterocycles. The van der Waals surface area contributed by atoms with Crippen molar-refractivity contribution in [2.75, 3.05) is 13.7 Å². The normalized spacial score (nSPS) is 13.0. The highest BCUT2D eigenvalue weighted by atomic mass is 16.5. The molecule has 2 aromatic rings. The largest absolute Gasteiger partial charge is 0.493 e. The molecule has 0 fully saturated rings. The molecule has 122 valence electrons. The van der Waals surface area contributed by atoms with E-state index in [9.17, 15) is 4.79 Å². The number of carbonyl (C=O) groups excluding carboxylic acids is 1. The Kier molecular flexibility index (Phi) is 6.03. The van der Waals surface area contributed by atoms with Crippen molar-refractivity contribution >= 4 is 5.91 Å². The van der Waals surface area contributed by atoms with Crippen LogP contribution in [0.1, 0.15) is 25.3 Å². The lowest BCUT2D eigenvalue weighted by atomic mass is 10.0. The Bertz CT molecular complexity index is 628. The molecule has 0 aliphatic carbocycles. The summed E-state index contributed by atoms with van der Waals surface area (Å²) in [5.74, 6) is 1.29. The molecule has 1 N–H and O–H groups in total. The van der Waals surface area contributed by atoms with Crippen LogP contribution in [0, 0.1) is 0 Å². The van der Waals surface area contributed by atoms with Gasteiger partial charge in [-0.2, -0.15) is 0 Å². The second kappa shape index (κ2) is 8.22. The number of hydrogen-bond donors (Lipinski definition) is 1. The molecule has 23 heavy (non-hydrogen) atoms. The van der Waals surface area contributed by atoms with Crippen molar-refractivity contribution in [3.8, 4) is 11.5 Å². The van der Waals surface area contributed by atoms with Crippen LogP contribution in [-0.2, 0) is 4.79 Å². The lowest BCUT2D eigenvalue weighted by Gasteiger charge is -2.18. The van der Waals surface area contributed by atoms with E-state index in [0.29, 0.717) is 18.0 Å². The van der Waals surface area contributed by atoms with Gasteiger partial charge < -0.3 is 14.8 Å². The molecule has 0 bridgehead atoms. The molecule has 1 amide bonds. The molecule has 0 saturated carbocycles. The van der Waals surface area contributed by atoms with Gasteiger partial charge in [0.15, 0.2) is 17.6 Å². The molecule has 0 spiro atoms. The van der Waals surface area contributed by atoms with Crippen LogP contribution >= 0.6 is 0 Å². The molecular formula is C19H23NO3. The number of amides is 1. The van der Waals surface area contributed by atoms with Crippen molar-refractivity contribution < 1.29 is 14.3 Å². The maximum atomic E-state index is 12.2. The summed E-state index contributed by atoms with van der Waals surface area (Å²) in [6.07, 6.45) is -0.589. The van der Waals surface area contributed by atoms with Crippen molar-refractivity contribution in [1.29, 1.82) is 0 Å². The Balaban J connectivity index is 1.88. The number of hydrogen-bond acceptors (Lipinski definition) is 3. The minimum Gasteiger partial charge on any atom is -0.493 e. The highest BCUT2D eigenvalue weighted by molar-refractivity contribution is 5.80. The SMILES string of the molecule is COc1ccccc1O[C@H](C)C(=O)NC[C@@H](C)c1ccccc1. The first kappa shape index (κ1) is 16.9. The maximum absolute atomic E-state index is 12.2. The van der Waals surface area contributed by atoms with Crippen molar-refractivity contribution in [2.24, 2.45) is 0 Å². The van der Waals surface area contributed by atoms with Crippen LogP contribution in [0.25, 0.3) is 0 Å². The van der Waals surface area contributed by atoms with E-state index in [0.717, 1.165) is 0 Å². The van der Waals surface area contributed by atoms with Crippen LogP contribution in [0.3, 0.4) is 0 Å². The fraction of sp³-hybridized carbons (Fsp3) is 0.316. The van der Waals surface area contributed by atoms with Gasteiger partial charge in [0, 0.05) is 6.54 Å².